The van der Waals surface area contributed by atoms with Gasteiger partial charge in [0, 0.05) is 16.0 Å². The van der Waals surface area contributed by atoms with Crippen LogP contribution in [0, 0.1) is 6.92 Å². The quantitative estimate of drug-likeness (QED) is 0.339. The zero-order chi connectivity index (χ0) is 18.5. The molecule has 3 rings (SSSR count). The van der Waals surface area contributed by atoms with Crippen LogP contribution in [0.2, 0.25) is 0 Å². The van der Waals surface area contributed by atoms with Crippen LogP contribution in [0.4, 0.5) is 0 Å². The minimum atomic E-state index is -0.931. The van der Waals surface area contributed by atoms with Crippen LogP contribution in [0.5, 0.6) is 5.75 Å². The van der Waals surface area contributed by atoms with Gasteiger partial charge in [-0.15, -0.1) is 23.1 Å². The molecule has 136 valence electrons. The molecular formula is C19H20N2O3S2. The molecule has 3 aromatic rings. The summed E-state index contributed by atoms with van der Waals surface area (Å²) in [5.41, 5.74) is 0.262. The molecule has 0 unspecified atom stereocenters. The van der Waals surface area contributed by atoms with Gasteiger partial charge in [0.2, 0.25) is 0 Å². The Morgan fingerprint density at radius 1 is 1.27 bits per heavy atom. The van der Waals surface area contributed by atoms with E-state index in [-0.39, 0.29) is 5.56 Å². The van der Waals surface area contributed by atoms with Gasteiger partial charge in [0.05, 0.1) is 12.2 Å². The average molecular weight is 389 g/mol. The van der Waals surface area contributed by atoms with E-state index in [9.17, 15) is 4.79 Å². The SMILES string of the molecule is CCc1cc2c(SCCCOc3ccc(C(=O)O)cc3)nc(C)nc2s1. The van der Waals surface area contributed by atoms with Crippen LogP contribution >= 0.6 is 23.1 Å². The van der Waals surface area contributed by atoms with E-state index in [0.29, 0.717) is 12.4 Å². The Kier molecular flexibility index (Phi) is 6.11. The van der Waals surface area contributed by atoms with Crippen LogP contribution in [0.15, 0.2) is 35.4 Å². The fraction of sp³-hybridized carbons (Fsp3) is 0.316. The molecule has 0 saturated carbocycles. The number of carboxylic acids is 1. The van der Waals surface area contributed by atoms with Crippen molar-refractivity contribution in [1.29, 1.82) is 0 Å². The summed E-state index contributed by atoms with van der Waals surface area (Å²) in [6, 6.07) is 8.67. The molecule has 0 radical (unpaired) electrons. The Balaban J connectivity index is 1.53. The largest absolute Gasteiger partial charge is 0.494 e. The van der Waals surface area contributed by atoms with Crippen LogP contribution in [-0.4, -0.2) is 33.4 Å². The van der Waals surface area contributed by atoms with E-state index >= 15 is 0 Å². The summed E-state index contributed by atoms with van der Waals surface area (Å²) in [6.45, 7) is 4.66. The summed E-state index contributed by atoms with van der Waals surface area (Å²) >= 11 is 3.47. The molecule has 0 spiro atoms. The summed E-state index contributed by atoms with van der Waals surface area (Å²) in [6.07, 6.45) is 1.89. The first-order valence-electron chi connectivity index (χ1n) is 8.43. The molecule has 2 heterocycles. The van der Waals surface area contributed by atoms with E-state index in [1.807, 2.05) is 6.92 Å². The van der Waals surface area contributed by atoms with Crippen LogP contribution in [-0.2, 0) is 6.42 Å². The summed E-state index contributed by atoms with van der Waals surface area (Å²) in [7, 11) is 0. The molecule has 7 heteroatoms. The van der Waals surface area contributed by atoms with Crippen molar-refractivity contribution < 1.29 is 14.6 Å². The van der Waals surface area contributed by atoms with Crippen LogP contribution in [0.3, 0.4) is 0 Å². The lowest BCUT2D eigenvalue weighted by Gasteiger charge is -2.07. The number of fused-ring (bicyclic) bond motifs is 1. The third-order valence-electron chi connectivity index (χ3n) is 3.77. The standard InChI is InChI=1S/C19H20N2O3S2/c1-3-15-11-16-17(20-12(2)21-18(16)26-15)25-10-4-9-24-14-7-5-13(6-8-14)19(22)23/h5-8,11H,3-4,9-10H2,1-2H3,(H,22,23). The number of thiophene rings is 1. The second-order valence-electron chi connectivity index (χ2n) is 5.74. The van der Waals surface area contributed by atoms with E-state index in [4.69, 9.17) is 9.84 Å². The predicted octanol–water partition coefficient (Wildman–Crippen LogP) is 4.82. The second kappa shape index (κ2) is 8.51. The lowest BCUT2D eigenvalue weighted by atomic mass is 10.2. The van der Waals surface area contributed by atoms with E-state index in [1.165, 1.54) is 4.88 Å². The van der Waals surface area contributed by atoms with Crippen molar-refractivity contribution in [2.75, 3.05) is 12.4 Å². The third kappa shape index (κ3) is 4.53. The minimum absolute atomic E-state index is 0.262. The van der Waals surface area contributed by atoms with Crippen molar-refractivity contribution in [3.63, 3.8) is 0 Å². The molecular weight excluding hydrogens is 368 g/mol. The maximum absolute atomic E-state index is 10.8. The number of aromatic carboxylic acids is 1. The molecule has 1 N–H and O–H groups in total. The molecule has 2 aromatic heterocycles. The highest BCUT2D eigenvalue weighted by atomic mass is 32.2. The Bertz CT molecular complexity index is 907. The minimum Gasteiger partial charge on any atom is -0.494 e. The molecule has 0 aliphatic rings. The molecule has 5 nitrogen and oxygen atoms in total. The van der Waals surface area contributed by atoms with Crippen molar-refractivity contribution in [3.05, 3.63) is 46.6 Å². The maximum atomic E-state index is 10.8. The monoisotopic (exact) mass is 388 g/mol. The number of hydrogen-bond acceptors (Lipinski definition) is 6. The number of ether oxygens (including phenoxy) is 1. The van der Waals surface area contributed by atoms with Crippen molar-refractivity contribution in [2.45, 2.75) is 31.7 Å². The number of benzene rings is 1. The van der Waals surface area contributed by atoms with Crippen molar-refractivity contribution in [2.24, 2.45) is 0 Å². The zero-order valence-corrected chi connectivity index (χ0v) is 16.3. The first-order chi connectivity index (χ1) is 12.6. The zero-order valence-electron chi connectivity index (χ0n) is 14.7. The molecule has 0 aliphatic carbocycles. The fourth-order valence-corrected chi connectivity index (χ4v) is 4.48. The second-order valence-corrected chi connectivity index (χ2v) is 7.94. The third-order valence-corrected chi connectivity index (χ3v) is 6.02. The summed E-state index contributed by atoms with van der Waals surface area (Å²) < 4.78 is 5.67. The normalized spacial score (nSPS) is 11.0. The fourth-order valence-electron chi connectivity index (χ4n) is 2.44. The van der Waals surface area contributed by atoms with Gasteiger partial charge in [0.1, 0.15) is 21.4 Å². The van der Waals surface area contributed by atoms with Gasteiger partial charge in [-0.3, -0.25) is 0 Å². The van der Waals surface area contributed by atoms with Crippen molar-refractivity contribution >= 4 is 39.3 Å². The molecule has 0 bridgehead atoms. The first-order valence-corrected chi connectivity index (χ1v) is 10.2. The number of carbonyl (C=O) groups is 1. The van der Waals surface area contributed by atoms with Gasteiger partial charge in [-0.1, -0.05) is 6.92 Å². The average Bonchev–Trinajstić information content (AvgIpc) is 3.04. The molecule has 26 heavy (non-hydrogen) atoms. The van der Waals surface area contributed by atoms with E-state index in [1.54, 1.807) is 47.4 Å². The summed E-state index contributed by atoms with van der Waals surface area (Å²) in [5, 5.41) is 11.1. The Morgan fingerprint density at radius 2 is 2.04 bits per heavy atom. The Labute approximate surface area is 160 Å². The maximum Gasteiger partial charge on any atom is 0.335 e. The molecule has 0 amide bonds. The molecule has 0 saturated heterocycles. The van der Waals surface area contributed by atoms with E-state index < -0.39 is 5.97 Å². The van der Waals surface area contributed by atoms with Gasteiger partial charge in [-0.05, 0) is 50.1 Å². The van der Waals surface area contributed by atoms with Crippen molar-refractivity contribution in [1.82, 2.24) is 9.97 Å². The molecule has 0 aliphatic heterocycles. The van der Waals surface area contributed by atoms with Crippen LogP contribution in [0.25, 0.3) is 10.2 Å². The van der Waals surface area contributed by atoms with Crippen molar-refractivity contribution in [3.8, 4) is 5.75 Å². The number of aromatic nitrogens is 2. The molecule has 0 fully saturated rings. The highest BCUT2D eigenvalue weighted by Gasteiger charge is 2.10. The van der Waals surface area contributed by atoms with E-state index in [0.717, 1.165) is 39.7 Å². The van der Waals surface area contributed by atoms with Crippen LogP contribution < -0.4 is 4.74 Å². The van der Waals surface area contributed by atoms with Crippen LogP contribution in [0.1, 0.15) is 34.4 Å². The van der Waals surface area contributed by atoms with Gasteiger partial charge in [-0.2, -0.15) is 0 Å². The predicted molar refractivity (Wildman–Crippen MR) is 106 cm³/mol. The number of nitrogens with zero attached hydrogens (tertiary/aromatic N) is 2. The van der Waals surface area contributed by atoms with Gasteiger partial charge in [-0.25, -0.2) is 14.8 Å². The Morgan fingerprint density at radius 3 is 2.73 bits per heavy atom. The number of aryl methyl sites for hydroxylation is 2. The van der Waals surface area contributed by atoms with Gasteiger partial charge in [0.15, 0.2) is 0 Å². The van der Waals surface area contributed by atoms with Gasteiger partial charge in [0.25, 0.3) is 0 Å². The van der Waals surface area contributed by atoms with Gasteiger partial charge < -0.3 is 9.84 Å². The number of rotatable bonds is 8. The molecule has 1 aromatic carbocycles. The lowest BCUT2D eigenvalue weighted by molar-refractivity contribution is 0.0697. The van der Waals surface area contributed by atoms with Gasteiger partial charge >= 0.3 is 5.97 Å². The highest BCUT2D eigenvalue weighted by molar-refractivity contribution is 7.99. The highest BCUT2D eigenvalue weighted by Crippen LogP contribution is 2.32. The number of carboxylic acid groups (broad SMARTS) is 1. The molecule has 0 atom stereocenters. The number of hydrogen-bond donors (Lipinski definition) is 1. The number of thioether (sulfide) groups is 1. The smallest absolute Gasteiger partial charge is 0.335 e. The summed E-state index contributed by atoms with van der Waals surface area (Å²) in [5.74, 6) is 1.46. The lowest BCUT2D eigenvalue weighted by Crippen LogP contribution is -2.00. The Hall–Kier alpha value is -2.12. The summed E-state index contributed by atoms with van der Waals surface area (Å²) in [4.78, 5) is 22.4. The van der Waals surface area contributed by atoms with E-state index in [2.05, 4.69) is 23.0 Å². The first kappa shape index (κ1) is 18.7. The topological polar surface area (TPSA) is 72.3 Å².